The van der Waals surface area contributed by atoms with Crippen LogP contribution in [0.4, 0.5) is 13.2 Å². The quantitative estimate of drug-likeness (QED) is 0.844. The highest BCUT2D eigenvalue weighted by Crippen LogP contribution is 2.33. The third-order valence-corrected chi connectivity index (χ3v) is 4.99. The fraction of sp³-hybridized carbons (Fsp3) is 0.933. The second kappa shape index (κ2) is 6.35. The Hall–Kier alpha value is -0.820. The summed E-state index contributed by atoms with van der Waals surface area (Å²) in [6.07, 6.45) is -2.85. The molecule has 0 aromatic heterocycles. The van der Waals surface area contributed by atoms with Crippen LogP contribution >= 0.6 is 0 Å². The van der Waals surface area contributed by atoms with Crippen molar-refractivity contribution in [2.24, 2.45) is 17.1 Å². The Labute approximate surface area is 129 Å². The second-order valence-electron chi connectivity index (χ2n) is 7.31. The highest BCUT2D eigenvalue weighted by atomic mass is 19.4. The molecule has 2 fully saturated rings. The fourth-order valence-electron chi connectivity index (χ4n) is 3.38. The van der Waals surface area contributed by atoms with Crippen LogP contribution < -0.4 is 5.73 Å². The van der Waals surface area contributed by atoms with Gasteiger partial charge >= 0.3 is 6.18 Å². The molecular formula is C15H26F3N3O. The van der Waals surface area contributed by atoms with Gasteiger partial charge in [-0.1, -0.05) is 13.8 Å². The summed E-state index contributed by atoms with van der Waals surface area (Å²) in [6, 6.07) is 0.100. The van der Waals surface area contributed by atoms with Crippen LogP contribution in [0.5, 0.6) is 0 Å². The molecule has 0 bridgehead atoms. The fourth-order valence-corrected chi connectivity index (χ4v) is 3.38. The van der Waals surface area contributed by atoms with E-state index in [9.17, 15) is 18.0 Å². The normalized spacial score (nSPS) is 30.4. The molecule has 4 nitrogen and oxygen atoms in total. The molecular weight excluding hydrogens is 295 g/mol. The molecule has 2 rings (SSSR count). The van der Waals surface area contributed by atoms with Crippen molar-refractivity contribution in [3.05, 3.63) is 0 Å². The zero-order valence-electron chi connectivity index (χ0n) is 13.3. The van der Waals surface area contributed by atoms with Gasteiger partial charge in [0.1, 0.15) is 0 Å². The molecule has 2 N–H and O–H groups in total. The van der Waals surface area contributed by atoms with Crippen molar-refractivity contribution in [1.82, 2.24) is 9.80 Å². The number of alkyl halides is 3. The van der Waals surface area contributed by atoms with Gasteiger partial charge in [0, 0.05) is 32.2 Å². The van der Waals surface area contributed by atoms with Crippen LogP contribution in [0.2, 0.25) is 0 Å². The maximum atomic E-state index is 12.8. The Morgan fingerprint density at radius 2 is 1.95 bits per heavy atom. The van der Waals surface area contributed by atoms with Crippen molar-refractivity contribution in [1.29, 1.82) is 0 Å². The van der Waals surface area contributed by atoms with Gasteiger partial charge in [0.15, 0.2) is 0 Å². The van der Waals surface area contributed by atoms with Crippen LogP contribution in [-0.2, 0) is 4.79 Å². The van der Waals surface area contributed by atoms with Crippen LogP contribution in [0.25, 0.3) is 0 Å². The summed E-state index contributed by atoms with van der Waals surface area (Å²) < 4.78 is 38.5. The van der Waals surface area contributed by atoms with Crippen LogP contribution in [0, 0.1) is 11.3 Å². The standard InChI is InChI=1S/C15H26F3N3O/c1-14(2)10-20(7-5-12(14)19)9-13(22)21-6-3-4-11(8-21)15(16,17)18/h11-12H,3-10,19H2,1-2H3. The smallest absolute Gasteiger partial charge is 0.341 e. The van der Waals surface area contributed by atoms with Gasteiger partial charge in [0.2, 0.25) is 5.91 Å². The highest BCUT2D eigenvalue weighted by molar-refractivity contribution is 5.78. The molecule has 2 aliphatic rings. The molecule has 2 heterocycles. The molecule has 0 spiro atoms. The lowest BCUT2D eigenvalue weighted by Gasteiger charge is -2.43. The molecule has 128 valence electrons. The lowest BCUT2D eigenvalue weighted by Crippen LogP contribution is -2.55. The number of hydrogen-bond donors (Lipinski definition) is 1. The minimum atomic E-state index is -4.21. The van der Waals surface area contributed by atoms with E-state index in [1.165, 1.54) is 4.90 Å². The summed E-state index contributed by atoms with van der Waals surface area (Å²) >= 11 is 0. The molecule has 0 aliphatic carbocycles. The average Bonchev–Trinajstić information content (AvgIpc) is 2.42. The lowest BCUT2D eigenvalue weighted by molar-refractivity contribution is -0.188. The van der Waals surface area contributed by atoms with E-state index < -0.39 is 12.1 Å². The maximum absolute atomic E-state index is 12.8. The first kappa shape index (κ1) is 17.5. The van der Waals surface area contributed by atoms with E-state index in [2.05, 4.69) is 13.8 Å². The predicted octanol–water partition coefficient (Wildman–Crippen LogP) is 1.85. The first-order valence-electron chi connectivity index (χ1n) is 7.92. The van der Waals surface area contributed by atoms with Gasteiger partial charge in [0.05, 0.1) is 12.5 Å². The number of likely N-dealkylation sites (tertiary alicyclic amines) is 2. The molecule has 2 saturated heterocycles. The van der Waals surface area contributed by atoms with E-state index in [1.54, 1.807) is 0 Å². The Morgan fingerprint density at radius 1 is 1.27 bits per heavy atom. The van der Waals surface area contributed by atoms with E-state index in [4.69, 9.17) is 5.73 Å². The average molecular weight is 321 g/mol. The van der Waals surface area contributed by atoms with Crippen molar-refractivity contribution in [2.75, 3.05) is 32.7 Å². The van der Waals surface area contributed by atoms with Crippen molar-refractivity contribution in [3.63, 3.8) is 0 Å². The molecule has 7 heteroatoms. The third kappa shape index (κ3) is 4.13. The number of halogens is 3. The zero-order valence-corrected chi connectivity index (χ0v) is 13.3. The minimum Gasteiger partial charge on any atom is -0.341 e. The Morgan fingerprint density at radius 3 is 2.55 bits per heavy atom. The van der Waals surface area contributed by atoms with Crippen LogP contribution in [-0.4, -0.2) is 60.6 Å². The van der Waals surface area contributed by atoms with Crippen molar-refractivity contribution >= 4 is 5.91 Å². The third-order valence-electron chi connectivity index (χ3n) is 4.99. The van der Waals surface area contributed by atoms with Crippen LogP contribution in [0.3, 0.4) is 0 Å². The minimum absolute atomic E-state index is 0.0745. The number of carbonyl (C=O) groups excluding carboxylic acids is 1. The van der Waals surface area contributed by atoms with Gasteiger partial charge in [-0.15, -0.1) is 0 Å². The number of rotatable bonds is 2. The predicted molar refractivity (Wildman–Crippen MR) is 78.2 cm³/mol. The number of piperidine rings is 2. The van der Waals surface area contributed by atoms with Gasteiger partial charge < -0.3 is 10.6 Å². The summed E-state index contributed by atoms with van der Waals surface area (Å²) in [5, 5.41) is 0. The molecule has 2 aliphatic heterocycles. The van der Waals surface area contributed by atoms with Crippen molar-refractivity contribution in [2.45, 2.75) is 45.3 Å². The molecule has 2 atom stereocenters. The second-order valence-corrected chi connectivity index (χ2v) is 7.31. The van der Waals surface area contributed by atoms with E-state index in [1.807, 2.05) is 4.90 Å². The summed E-state index contributed by atoms with van der Waals surface area (Å²) in [6.45, 7) is 6.00. The van der Waals surface area contributed by atoms with Crippen LogP contribution in [0.15, 0.2) is 0 Å². The van der Waals surface area contributed by atoms with Gasteiger partial charge in [-0.2, -0.15) is 13.2 Å². The van der Waals surface area contributed by atoms with Crippen molar-refractivity contribution < 1.29 is 18.0 Å². The molecule has 22 heavy (non-hydrogen) atoms. The van der Waals surface area contributed by atoms with E-state index in [0.717, 1.165) is 13.0 Å². The molecule has 0 saturated carbocycles. The first-order chi connectivity index (χ1) is 10.1. The van der Waals surface area contributed by atoms with E-state index in [0.29, 0.717) is 19.5 Å². The number of hydrogen-bond acceptors (Lipinski definition) is 3. The summed E-state index contributed by atoms with van der Waals surface area (Å²) in [5.74, 6) is -1.57. The zero-order chi connectivity index (χ0) is 16.5. The molecule has 2 unspecified atom stereocenters. The van der Waals surface area contributed by atoms with Gasteiger partial charge in [-0.3, -0.25) is 9.69 Å². The topological polar surface area (TPSA) is 49.6 Å². The summed E-state index contributed by atoms with van der Waals surface area (Å²) in [7, 11) is 0. The number of nitrogens with zero attached hydrogens (tertiary/aromatic N) is 2. The SMILES string of the molecule is CC1(C)CN(CC(=O)N2CCCC(C(F)(F)F)C2)CCC1N. The van der Waals surface area contributed by atoms with Gasteiger partial charge in [-0.05, 0) is 24.7 Å². The van der Waals surface area contributed by atoms with E-state index in [-0.39, 0.29) is 36.9 Å². The van der Waals surface area contributed by atoms with Gasteiger partial charge in [0.25, 0.3) is 0 Å². The van der Waals surface area contributed by atoms with Crippen molar-refractivity contribution in [3.8, 4) is 0 Å². The number of nitrogens with two attached hydrogens (primary N) is 1. The first-order valence-corrected chi connectivity index (χ1v) is 7.92. The Kier molecular flexibility index (Phi) is 5.06. The summed E-state index contributed by atoms with van der Waals surface area (Å²) in [5.41, 5.74) is 5.99. The molecule has 0 aromatic rings. The maximum Gasteiger partial charge on any atom is 0.393 e. The lowest BCUT2D eigenvalue weighted by atomic mass is 9.80. The Bertz CT molecular complexity index is 411. The molecule has 0 aromatic carbocycles. The number of carbonyl (C=O) groups is 1. The largest absolute Gasteiger partial charge is 0.393 e. The summed E-state index contributed by atoms with van der Waals surface area (Å²) in [4.78, 5) is 15.7. The Balaban J connectivity index is 1.89. The monoisotopic (exact) mass is 321 g/mol. The van der Waals surface area contributed by atoms with Gasteiger partial charge in [-0.25, -0.2) is 0 Å². The van der Waals surface area contributed by atoms with Crippen LogP contribution in [0.1, 0.15) is 33.1 Å². The highest BCUT2D eigenvalue weighted by Gasteiger charge is 2.43. The van der Waals surface area contributed by atoms with E-state index >= 15 is 0 Å². The molecule has 1 amide bonds. The number of amides is 1. The molecule has 0 radical (unpaired) electrons.